The number of thioether (sulfide) groups is 2. The van der Waals surface area contributed by atoms with Crippen LogP contribution in [0.5, 0.6) is 5.75 Å². The zero-order chi connectivity index (χ0) is 26.1. The molecule has 2 aliphatic heterocycles. The minimum absolute atomic E-state index is 0.0293. The van der Waals surface area contributed by atoms with Gasteiger partial charge < -0.3 is 19.6 Å². The molecule has 2 N–H and O–H groups in total. The Hall–Kier alpha value is -2.81. The number of nitrogens with one attached hydrogen (secondary N) is 1. The monoisotopic (exact) mass is 622 g/mol. The number of aromatic nitrogens is 2. The topological polar surface area (TPSA) is 135 Å². The van der Waals surface area contributed by atoms with Crippen molar-refractivity contribution in [2.24, 2.45) is 0 Å². The number of hydrogen-bond donors (Lipinski definition) is 2. The number of aryl methyl sites for hydroxylation is 1. The van der Waals surface area contributed by atoms with Gasteiger partial charge in [-0.15, -0.1) is 22.0 Å². The summed E-state index contributed by atoms with van der Waals surface area (Å²) in [5.41, 5.74) is 0.601. The van der Waals surface area contributed by atoms with Crippen molar-refractivity contribution in [3.05, 3.63) is 68.7 Å². The van der Waals surface area contributed by atoms with Gasteiger partial charge in [0.2, 0.25) is 0 Å². The van der Waals surface area contributed by atoms with E-state index in [1.807, 2.05) is 19.1 Å². The lowest BCUT2D eigenvalue weighted by atomic mass is 10.0. The number of carboxylic acids is 1. The molecule has 1 fully saturated rings. The molecule has 14 heteroatoms. The minimum Gasteiger partial charge on any atom is -0.486 e. The van der Waals surface area contributed by atoms with Crippen molar-refractivity contribution in [2.75, 3.05) is 11.5 Å². The van der Waals surface area contributed by atoms with E-state index in [0.717, 1.165) is 13.8 Å². The summed E-state index contributed by atoms with van der Waals surface area (Å²) in [6.07, 6.45) is 0. The summed E-state index contributed by atoms with van der Waals surface area (Å²) < 4.78 is 12.9. The SMILES string of the molecule is Cc1nnc(SCC2=C(C(=O)O)N3C(=O)[C@@H](NC(=O)c4ccc(COc5ccc(Br)cc5)o4)[C@@H]3SC2)s1. The zero-order valence-corrected chi connectivity index (χ0v) is 23.2. The van der Waals surface area contributed by atoms with Crippen molar-refractivity contribution in [3.63, 3.8) is 0 Å². The van der Waals surface area contributed by atoms with Crippen LogP contribution in [0.15, 0.2) is 60.9 Å². The number of amides is 2. The van der Waals surface area contributed by atoms with Gasteiger partial charge >= 0.3 is 5.97 Å². The Labute approximate surface area is 232 Å². The normalized spacial score (nSPS) is 18.9. The quantitative estimate of drug-likeness (QED) is 0.267. The van der Waals surface area contributed by atoms with E-state index >= 15 is 0 Å². The van der Waals surface area contributed by atoms with Crippen LogP contribution in [-0.4, -0.2) is 60.9 Å². The molecule has 192 valence electrons. The maximum absolute atomic E-state index is 12.9. The predicted octanol–water partition coefficient (Wildman–Crippen LogP) is 3.93. The van der Waals surface area contributed by atoms with E-state index in [-0.39, 0.29) is 18.1 Å². The molecule has 1 aromatic carbocycles. The van der Waals surface area contributed by atoms with Gasteiger partial charge in [0.1, 0.15) is 40.2 Å². The number of β-lactam (4-membered cyclic amide) rings is 1. The summed E-state index contributed by atoms with van der Waals surface area (Å²) in [6, 6.07) is 9.61. The number of ether oxygens (including phenoxy) is 1. The molecule has 0 bridgehead atoms. The fraction of sp³-hybridized carbons (Fsp3) is 0.261. The molecule has 3 aromatic rings. The first-order valence-electron chi connectivity index (χ1n) is 10.9. The maximum atomic E-state index is 12.9. The van der Waals surface area contributed by atoms with Gasteiger partial charge in [0.25, 0.3) is 11.8 Å². The molecule has 2 atom stereocenters. The van der Waals surface area contributed by atoms with Gasteiger partial charge in [0.05, 0.1) is 0 Å². The largest absolute Gasteiger partial charge is 0.486 e. The fourth-order valence-electron chi connectivity index (χ4n) is 3.76. The van der Waals surface area contributed by atoms with Gasteiger partial charge in [-0.05, 0) is 48.9 Å². The molecule has 5 rings (SSSR count). The summed E-state index contributed by atoms with van der Waals surface area (Å²) >= 11 is 7.59. The molecule has 2 aliphatic rings. The standard InChI is InChI=1S/C23H19BrN4O6S3/c1-11-26-27-23(37-11)36-10-12-9-35-21-17(20(30)28(21)18(12)22(31)32)25-19(29)16-7-6-15(34-16)8-33-14-4-2-13(24)3-5-14/h2-7,17,21H,8-10H2,1H3,(H,25,29)(H,31,32)/t17-,21+/m1/s1. The number of rotatable bonds is 9. The van der Waals surface area contributed by atoms with Gasteiger partial charge in [-0.25, -0.2) is 4.79 Å². The number of carboxylic acid groups (broad SMARTS) is 1. The van der Waals surface area contributed by atoms with Crippen molar-refractivity contribution in [1.29, 1.82) is 0 Å². The van der Waals surface area contributed by atoms with Crippen LogP contribution in [0.25, 0.3) is 0 Å². The summed E-state index contributed by atoms with van der Waals surface area (Å²) in [4.78, 5) is 39.0. The van der Waals surface area contributed by atoms with Crippen LogP contribution < -0.4 is 10.1 Å². The second-order valence-corrected chi connectivity index (χ2v) is 12.4. The lowest BCUT2D eigenvalue weighted by molar-refractivity contribution is -0.148. The van der Waals surface area contributed by atoms with E-state index in [9.17, 15) is 19.5 Å². The van der Waals surface area contributed by atoms with Crippen molar-refractivity contribution >= 4 is 68.6 Å². The predicted molar refractivity (Wildman–Crippen MR) is 142 cm³/mol. The van der Waals surface area contributed by atoms with E-state index in [1.165, 1.54) is 45.8 Å². The van der Waals surface area contributed by atoms with Crippen LogP contribution in [0.2, 0.25) is 0 Å². The highest BCUT2D eigenvalue weighted by Crippen LogP contribution is 2.42. The molecule has 2 amide bonds. The van der Waals surface area contributed by atoms with Crippen LogP contribution in [-0.2, 0) is 16.2 Å². The third-order valence-electron chi connectivity index (χ3n) is 5.49. The Morgan fingerprint density at radius 2 is 2.05 bits per heavy atom. The number of carbonyl (C=O) groups excluding carboxylic acids is 2. The third kappa shape index (κ3) is 5.56. The van der Waals surface area contributed by atoms with Crippen molar-refractivity contribution in [1.82, 2.24) is 20.4 Å². The Morgan fingerprint density at radius 3 is 2.76 bits per heavy atom. The molecular formula is C23H19BrN4O6S3. The number of fused-ring (bicyclic) bond motifs is 1. The molecule has 37 heavy (non-hydrogen) atoms. The average molecular weight is 624 g/mol. The van der Waals surface area contributed by atoms with E-state index < -0.39 is 29.2 Å². The van der Waals surface area contributed by atoms with E-state index in [2.05, 4.69) is 31.4 Å². The molecule has 4 heterocycles. The number of carbonyl (C=O) groups is 3. The number of halogens is 1. The first kappa shape index (κ1) is 25.8. The second kappa shape index (κ2) is 10.9. The van der Waals surface area contributed by atoms with Crippen LogP contribution in [0.4, 0.5) is 0 Å². The summed E-state index contributed by atoms with van der Waals surface area (Å²) in [7, 11) is 0. The number of nitrogens with zero attached hydrogens (tertiary/aromatic N) is 3. The number of aliphatic carboxylic acids is 1. The van der Waals surface area contributed by atoms with Crippen molar-refractivity contribution in [3.8, 4) is 5.75 Å². The molecule has 0 unspecified atom stereocenters. The Balaban J connectivity index is 1.20. The fourth-order valence-corrected chi connectivity index (χ4v) is 7.32. The summed E-state index contributed by atoms with van der Waals surface area (Å²) in [6.45, 7) is 1.98. The first-order valence-corrected chi connectivity index (χ1v) is 14.6. The smallest absolute Gasteiger partial charge is 0.352 e. The molecule has 0 spiro atoms. The second-order valence-electron chi connectivity index (χ2n) is 8.00. The van der Waals surface area contributed by atoms with Crippen LogP contribution in [0.3, 0.4) is 0 Å². The van der Waals surface area contributed by atoms with Crippen LogP contribution >= 0.6 is 50.8 Å². The van der Waals surface area contributed by atoms with Gasteiger partial charge in [-0.1, -0.05) is 39.0 Å². The van der Waals surface area contributed by atoms with E-state index in [4.69, 9.17) is 9.15 Å². The molecule has 0 aliphatic carbocycles. The molecule has 2 aromatic heterocycles. The van der Waals surface area contributed by atoms with Gasteiger partial charge in [-0.2, -0.15) is 0 Å². The van der Waals surface area contributed by atoms with Gasteiger partial charge in [-0.3, -0.25) is 14.5 Å². The number of furan rings is 1. The molecular weight excluding hydrogens is 604 g/mol. The Morgan fingerprint density at radius 1 is 1.27 bits per heavy atom. The summed E-state index contributed by atoms with van der Waals surface area (Å²) in [5.74, 6) is -0.248. The van der Waals surface area contributed by atoms with E-state index in [0.29, 0.717) is 28.6 Å². The Bertz CT molecular complexity index is 1390. The number of hydrogen-bond acceptors (Lipinski definition) is 10. The zero-order valence-electron chi connectivity index (χ0n) is 19.2. The highest BCUT2D eigenvalue weighted by Gasteiger charge is 2.54. The van der Waals surface area contributed by atoms with E-state index in [1.54, 1.807) is 18.2 Å². The first-order chi connectivity index (χ1) is 17.8. The average Bonchev–Trinajstić information content (AvgIpc) is 3.53. The lowest BCUT2D eigenvalue weighted by Gasteiger charge is -2.49. The molecule has 1 saturated heterocycles. The minimum atomic E-state index is -1.17. The van der Waals surface area contributed by atoms with Gasteiger partial charge in [0.15, 0.2) is 10.1 Å². The molecule has 0 radical (unpaired) electrons. The maximum Gasteiger partial charge on any atom is 0.352 e. The molecule has 0 saturated carbocycles. The highest BCUT2D eigenvalue weighted by atomic mass is 79.9. The van der Waals surface area contributed by atoms with Gasteiger partial charge in [0, 0.05) is 16.0 Å². The van der Waals surface area contributed by atoms with Crippen LogP contribution in [0.1, 0.15) is 21.3 Å². The van der Waals surface area contributed by atoms with Crippen LogP contribution in [0, 0.1) is 6.92 Å². The third-order valence-corrected chi connectivity index (χ3v) is 9.42. The van der Waals surface area contributed by atoms with Crippen molar-refractivity contribution in [2.45, 2.75) is 29.3 Å². The lowest BCUT2D eigenvalue weighted by Crippen LogP contribution is -2.70. The molecule has 10 nitrogen and oxygen atoms in total. The van der Waals surface area contributed by atoms with Crippen molar-refractivity contribution < 1.29 is 28.6 Å². The highest BCUT2D eigenvalue weighted by molar-refractivity contribution is 9.10. The number of benzene rings is 1. The summed E-state index contributed by atoms with van der Waals surface area (Å²) in [5, 5.41) is 20.8. The Kier molecular flexibility index (Phi) is 7.60.